The fourth-order valence-electron chi connectivity index (χ4n) is 2.36. The van der Waals surface area contributed by atoms with Crippen molar-refractivity contribution >= 4 is 0 Å². The molecule has 102 valence electrons. The van der Waals surface area contributed by atoms with Crippen molar-refractivity contribution in [3.05, 3.63) is 36.0 Å². The summed E-state index contributed by atoms with van der Waals surface area (Å²) in [7, 11) is 0. The van der Waals surface area contributed by atoms with Gasteiger partial charge in [0, 0.05) is 0 Å². The summed E-state index contributed by atoms with van der Waals surface area (Å²) >= 11 is 0. The van der Waals surface area contributed by atoms with Crippen LogP contribution in [0, 0.1) is 5.92 Å². The third-order valence-electron chi connectivity index (χ3n) is 3.59. The van der Waals surface area contributed by atoms with Gasteiger partial charge in [-0.15, -0.1) is 0 Å². The monoisotopic (exact) mass is 248 g/mol. The molecule has 0 spiro atoms. The fourth-order valence-corrected chi connectivity index (χ4v) is 2.36. The molecule has 1 saturated carbocycles. The normalized spacial score (nSPS) is 20.3. The van der Waals surface area contributed by atoms with E-state index >= 15 is 0 Å². The van der Waals surface area contributed by atoms with Crippen LogP contribution in [0.4, 0.5) is 0 Å². The first-order chi connectivity index (χ1) is 8.72. The number of hydrogen-bond donors (Lipinski definition) is 1. The zero-order valence-corrected chi connectivity index (χ0v) is 11.9. The molecular weight excluding hydrogens is 220 g/mol. The molecule has 1 N–H and O–H groups in total. The van der Waals surface area contributed by atoms with E-state index in [9.17, 15) is 5.11 Å². The molecule has 18 heavy (non-hydrogen) atoms. The van der Waals surface area contributed by atoms with Crippen LogP contribution in [-0.2, 0) is 0 Å². The molecular formula is C17H28O. The van der Waals surface area contributed by atoms with E-state index in [0.717, 1.165) is 25.2 Å². The molecule has 1 rings (SSSR count). The van der Waals surface area contributed by atoms with Gasteiger partial charge in [0.15, 0.2) is 0 Å². The molecule has 0 saturated heterocycles. The summed E-state index contributed by atoms with van der Waals surface area (Å²) in [6.07, 6.45) is 18.6. The topological polar surface area (TPSA) is 20.2 Å². The Morgan fingerprint density at radius 2 is 2.06 bits per heavy atom. The fraction of sp³-hybridized carbons (Fsp3) is 0.647. The molecule has 0 aromatic rings. The minimum absolute atomic E-state index is 0.274. The SMILES string of the molecule is CC/C=C\C=C(/C)CCC(O)/C=C/C1CCCC1. The predicted octanol–water partition coefficient (Wildman–Crippen LogP) is 4.79. The van der Waals surface area contributed by atoms with Gasteiger partial charge in [-0.2, -0.15) is 0 Å². The van der Waals surface area contributed by atoms with E-state index < -0.39 is 0 Å². The minimum atomic E-state index is -0.274. The molecule has 0 aromatic heterocycles. The van der Waals surface area contributed by atoms with Gasteiger partial charge in [0.05, 0.1) is 6.10 Å². The lowest BCUT2D eigenvalue weighted by Crippen LogP contribution is -2.03. The van der Waals surface area contributed by atoms with E-state index in [1.165, 1.54) is 31.3 Å². The molecule has 0 aromatic carbocycles. The van der Waals surface area contributed by atoms with E-state index in [4.69, 9.17) is 0 Å². The lowest BCUT2D eigenvalue weighted by Gasteiger charge is -2.07. The second kappa shape index (κ2) is 9.16. The summed E-state index contributed by atoms with van der Waals surface area (Å²) in [6.45, 7) is 4.27. The first-order valence-corrected chi connectivity index (χ1v) is 7.41. The van der Waals surface area contributed by atoms with Gasteiger partial charge in [-0.25, -0.2) is 0 Å². The number of rotatable bonds is 7. The van der Waals surface area contributed by atoms with Gasteiger partial charge in [-0.3, -0.25) is 0 Å². The lowest BCUT2D eigenvalue weighted by atomic mass is 10.0. The van der Waals surface area contributed by atoms with E-state index in [1.807, 2.05) is 6.08 Å². The van der Waals surface area contributed by atoms with Crippen molar-refractivity contribution < 1.29 is 5.11 Å². The summed E-state index contributed by atoms with van der Waals surface area (Å²) in [5, 5.41) is 9.90. The highest BCUT2D eigenvalue weighted by Crippen LogP contribution is 2.25. The molecule has 1 unspecified atom stereocenters. The average molecular weight is 248 g/mol. The largest absolute Gasteiger partial charge is 0.389 e. The Morgan fingerprint density at radius 3 is 2.72 bits per heavy atom. The van der Waals surface area contributed by atoms with Crippen LogP contribution in [0.15, 0.2) is 36.0 Å². The van der Waals surface area contributed by atoms with Crippen LogP contribution in [0.25, 0.3) is 0 Å². The summed E-state index contributed by atoms with van der Waals surface area (Å²) in [5.41, 5.74) is 1.34. The summed E-state index contributed by atoms with van der Waals surface area (Å²) in [6, 6.07) is 0. The number of hydrogen-bond acceptors (Lipinski definition) is 1. The average Bonchev–Trinajstić information content (AvgIpc) is 2.87. The number of aliphatic hydroxyl groups excluding tert-OH is 1. The molecule has 1 heteroatoms. The molecule has 1 atom stereocenters. The number of aliphatic hydroxyl groups is 1. The van der Waals surface area contributed by atoms with Crippen LogP contribution < -0.4 is 0 Å². The molecule has 0 amide bonds. The van der Waals surface area contributed by atoms with Gasteiger partial charge in [0.25, 0.3) is 0 Å². The van der Waals surface area contributed by atoms with Gasteiger partial charge < -0.3 is 5.11 Å². The van der Waals surface area contributed by atoms with Crippen LogP contribution in [-0.4, -0.2) is 11.2 Å². The Bertz CT molecular complexity index is 293. The highest BCUT2D eigenvalue weighted by molar-refractivity contribution is 5.10. The zero-order valence-electron chi connectivity index (χ0n) is 11.9. The molecule has 1 aliphatic rings. The predicted molar refractivity (Wildman–Crippen MR) is 79.5 cm³/mol. The maximum atomic E-state index is 9.90. The summed E-state index contributed by atoms with van der Waals surface area (Å²) < 4.78 is 0. The third-order valence-corrected chi connectivity index (χ3v) is 3.59. The van der Waals surface area contributed by atoms with Crippen molar-refractivity contribution in [1.29, 1.82) is 0 Å². The lowest BCUT2D eigenvalue weighted by molar-refractivity contribution is 0.212. The highest BCUT2D eigenvalue weighted by atomic mass is 16.3. The standard InChI is InChI=1S/C17H28O/c1-3-4-5-8-15(2)11-13-17(18)14-12-16-9-6-7-10-16/h4-5,8,12,14,16-18H,3,6-7,9-11,13H2,1-2H3/b5-4-,14-12+,15-8+. The van der Waals surface area contributed by atoms with Crippen molar-refractivity contribution in [2.24, 2.45) is 5.92 Å². The zero-order chi connectivity index (χ0) is 13.2. The number of allylic oxidation sites excluding steroid dienone is 5. The quantitative estimate of drug-likeness (QED) is 0.507. The van der Waals surface area contributed by atoms with Gasteiger partial charge in [0.1, 0.15) is 0 Å². The molecule has 0 bridgehead atoms. The Labute approximate surface area is 112 Å². The maximum absolute atomic E-state index is 9.90. The van der Waals surface area contributed by atoms with Crippen LogP contribution in [0.1, 0.15) is 58.8 Å². The van der Waals surface area contributed by atoms with Gasteiger partial charge in [0.2, 0.25) is 0 Å². The summed E-state index contributed by atoms with van der Waals surface area (Å²) in [4.78, 5) is 0. The highest BCUT2D eigenvalue weighted by Gasteiger charge is 2.11. The van der Waals surface area contributed by atoms with Crippen LogP contribution in [0.3, 0.4) is 0 Å². The Morgan fingerprint density at radius 1 is 1.33 bits per heavy atom. The van der Waals surface area contributed by atoms with Crippen LogP contribution in [0.5, 0.6) is 0 Å². The Hall–Kier alpha value is -0.820. The van der Waals surface area contributed by atoms with Gasteiger partial charge >= 0.3 is 0 Å². The summed E-state index contributed by atoms with van der Waals surface area (Å²) in [5.74, 6) is 0.726. The molecule has 1 nitrogen and oxygen atoms in total. The third kappa shape index (κ3) is 6.80. The van der Waals surface area contributed by atoms with E-state index in [2.05, 4.69) is 38.2 Å². The van der Waals surface area contributed by atoms with Crippen molar-refractivity contribution in [2.45, 2.75) is 64.9 Å². The molecule has 1 aliphatic carbocycles. The molecule has 0 heterocycles. The smallest absolute Gasteiger partial charge is 0.0724 e. The van der Waals surface area contributed by atoms with Crippen LogP contribution >= 0.6 is 0 Å². The first-order valence-electron chi connectivity index (χ1n) is 7.41. The first kappa shape index (κ1) is 15.2. The molecule has 1 fully saturated rings. The van der Waals surface area contributed by atoms with Crippen molar-refractivity contribution in [3.63, 3.8) is 0 Å². The van der Waals surface area contributed by atoms with E-state index in [1.54, 1.807) is 0 Å². The van der Waals surface area contributed by atoms with Crippen LogP contribution in [0.2, 0.25) is 0 Å². The maximum Gasteiger partial charge on any atom is 0.0724 e. The second-order valence-electron chi connectivity index (χ2n) is 5.38. The van der Waals surface area contributed by atoms with Crippen molar-refractivity contribution in [2.75, 3.05) is 0 Å². The van der Waals surface area contributed by atoms with E-state index in [-0.39, 0.29) is 6.10 Å². The van der Waals surface area contributed by atoms with Gasteiger partial charge in [-0.05, 0) is 44.9 Å². The molecule has 0 aliphatic heterocycles. The Kier molecular flexibility index (Phi) is 7.75. The van der Waals surface area contributed by atoms with Gasteiger partial charge in [-0.1, -0.05) is 55.7 Å². The second-order valence-corrected chi connectivity index (χ2v) is 5.38. The molecule has 0 radical (unpaired) electrons. The minimum Gasteiger partial charge on any atom is -0.389 e. The van der Waals surface area contributed by atoms with Crippen molar-refractivity contribution in [3.8, 4) is 0 Å². The van der Waals surface area contributed by atoms with E-state index in [0.29, 0.717) is 0 Å². The Balaban J connectivity index is 2.21. The van der Waals surface area contributed by atoms with Crippen molar-refractivity contribution in [1.82, 2.24) is 0 Å².